The SMILES string of the molecule is CC(=O)Oc1c(Cl)cc(F)c(-c2nn(C)c(C(F)(F)F)c2Cl)c1[N+](=O)[O-]. The molecule has 0 radical (unpaired) electrons. The highest BCUT2D eigenvalue weighted by molar-refractivity contribution is 6.34. The van der Waals surface area contributed by atoms with Crippen LogP contribution in [0, 0.1) is 15.9 Å². The number of aromatic nitrogens is 2. The third-order valence-electron chi connectivity index (χ3n) is 3.08. The summed E-state index contributed by atoms with van der Waals surface area (Å²) in [7, 11) is 0.880. The molecular weight excluding hydrogens is 409 g/mol. The average Bonchev–Trinajstić information content (AvgIpc) is 2.75. The molecule has 140 valence electrons. The fourth-order valence-corrected chi connectivity index (χ4v) is 2.78. The molecule has 1 aromatic heterocycles. The van der Waals surface area contributed by atoms with Gasteiger partial charge >= 0.3 is 17.8 Å². The van der Waals surface area contributed by atoms with E-state index in [4.69, 9.17) is 23.2 Å². The Balaban J connectivity index is 2.91. The number of carbonyl (C=O) groups is 1. The third kappa shape index (κ3) is 3.44. The number of benzene rings is 1. The van der Waals surface area contributed by atoms with Gasteiger partial charge in [-0.05, 0) is 6.07 Å². The van der Waals surface area contributed by atoms with Crippen molar-refractivity contribution < 1.29 is 32.0 Å². The fourth-order valence-electron chi connectivity index (χ4n) is 2.19. The zero-order valence-electron chi connectivity index (χ0n) is 12.8. The van der Waals surface area contributed by atoms with Gasteiger partial charge in [-0.3, -0.25) is 19.6 Å². The summed E-state index contributed by atoms with van der Waals surface area (Å²) in [6, 6.07) is 0.542. The van der Waals surface area contributed by atoms with Gasteiger partial charge in [-0.15, -0.1) is 0 Å². The van der Waals surface area contributed by atoms with Gasteiger partial charge in [0, 0.05) is 14.0 Å². The second-order valence-electron chi connectivity index (χ2n) is 4.88. The van der Waals surface area contributed by atoms with Crippen LogP contribution in [0.3, 0.4) is 0 Å². The molecule has 2 rings (SSSR count). The Morgan fingerprint density at radius 3 is 2.38 bits per heavy atom. The smallest absolute Gasteiger partial charge is 0.418 e. The predicted molar refractivity (Wildman–Crippen MR) is 81.6 cm³/mol. The molecule has 0 N–H and O–H groups in total. The van der Waals surface area contributed by atoms with Crippen LogP contribution < -0.4 is 4.74 Å². The third-order valence-corrected chi connectivity index (χ3v) is 3.72. The monoisotopic (exact) mass is 415 g/mol. The van der Waals surface area contributed by atoms with E-state index in [0.717, 1.165) is 14.0 Å². The van der Waals surface area contributed by atoms with Crippen molar-refractivity contribution in [2.24, 2.45) is 7.05 Å². The number of alkyl halides is 3. The maximum Gasteiger partial charge on any atom is 0.434 e. The predicted octanol–water partition coefficient (Wildman–Crippen LogP) is 4.39. The van der Waals surface area contributed by atoms with E-state index in [-0.39, 0.29) is 0 Å². The molecule has 0 atom stereocenters. The second kappa shape index (κ2) is 6.72. The molecule has 2 aromatic rings. The van der Waals surface area contributed by atoms with Crippen LogP contribution in [-0.2, 0) is 18.0 Å². The first-order valence-corrected chi connectivity index (χ1v) is 7.26. The van der Waals surface area contributed by atoms with E-state index in [0.29, 0.717) is 10.7 Å². The van der Waals surface area contributed by atoms with Crippen LogP contribution in [0.25, 0.3) is 11.3 Å². The van der Waals surface area contributed by atoms with Crippen molar-refractivity contribution in [2.75, 3.05) is 0 Å². The van der Waals surface area contributed by atoms with Gasteiger partial charge in [0.1, 0.15) is 17.1 Å². The number of carbonyl (C=O) groups excluding carboxylic acids is 1. The summed E-state index contributed by atoms with van der Waals surface area (Å²) in [5.41, 5.74) is -4.46. The summed E-state index contributed by atoms with van der Waals surface area (Å²) < 4.78 is 58.5. The van der Waals surface area contributed by atoms with Crippen molar-refractivity contribution in [3.05, 3.63) is 37.7 Å². The molecule has 0 saturated carbocycles. The quantitative estimate of drug-likeness (QED) is 0.244. The van der Waals surface area contributed by atoms with Gasteiger partial charge in [-0.25, -0.2) is 4.39 Å². The number of nitro benzene ring substituents is 1. The number of ether oxygens (including phenoxy) is 1. The van der Waals surface area contributed by atoms with Crippen LogP contribution >= 0.6 is 23.2 Å². The molecule has 7 nitrogen and oxygen atoms in total. The molecule has 0 fully saturated rings. The zero-order chi connectivity index (χ0) is 20.0. The lowest BCUT2D eigenvalue weighted by molar-refractivity contribution is -0.385. The lowest BCUT2D eigenvalue weighted by Gasteiger charge is -2.10. The summed E-state index contributed by atoms with van der Waals surface area (Å²) in [6.07, 6.45) is -4.95. The molecule has 1 aromatic carbocycles. The molecule has 0 amide bonds. The summed E-state index contributed by atoms with van der Waals surface area (Å²) >= 11 is 11.3. The van der Waals surface area contributed by atoms with E-state index in [2.05, 4.69) is 9.84 Å². The molecule has 0 aliphatic heterocycles. The summed E-state index contributed by atoms with van der Waals surface area (Å²) in [5.74, 6) is -3.22. The number of nitrogens with zero attached hydrogens (tertiary/aromatic N) is 3. The lowest BCUT2D eigenvalue weighted by Crippen LogP contribution is -2.12. The number of hydrogen-bond donors (Lipinski definition) is 0. The maximum absolute atomic E-state index is 14.4. The first-order chi connectivity index (χ1) is 11.9. The molecular formula is C13H7Cl2F4N3O4. The molecule has 0 unspecified atom stereocenters. The van der Waals surface area contributed by atoms with Crippen LogP contribution in [0.15, 0.2) is 6.07 Å². The van der Waals surface area contributed by atoms with Crippen molar-refractivity contribution in [1.29, 1.82) is 0 Å². The number of aryl methyl sites for hydroxylation is 1. The van der Waals surface area contributed by atoms with E-state index in [1.165, 1.54) is 0 Å². The molecule has 0 aliphatic rings. The van der Waals surface area contributed by atoms with Gasteiger partial charge in [-0.1, -0.05) is 23.2 Å². The van der Waals surface area contributed by atoms with Crippen molar-refractivity contribution in [2.45, 2.75) is 13.1 Å². The summed E-state index contributed by atoms with van der Waals surface area (Å²) in [4.78, 5) is 21.4. The first kappa shape index (κ1) is 19.9. The first-order valence-electron chi connectivity index (χ1n) is 6.51. The Kier molecular flexibility index (Phi) is 5.15. The number of halogens is 6. The molecule has 0 spiro atoms. The Labute approximate surface area is 152 Å². The summed E-state index contributed by atoms with van der Waals surface area (Å²) in [6.45, 7) is 0.901. The Hall–Kier alpha value is -2.40. The lowest BCUT2D eigenvalue weighted by atomic mass is 10.1. The highest BCUT2D eigenvalue weighted by Gasteiger charge is 2.41. The van der Waals surface area contributed by atoms with Gasteiger partial charge in [0.15, 0.2) is 5.69 Å². The van der Waals surface area contributed by atoms with Crippen LogP contribution in [0.4, 0.5) is 23.2 Å². The summed E-state index contributed by atoms with van der Waals surface area (Å²) in [5, 5.41) is 13.1. The highest BCUT2D eigenvalue weighted by atomic mass is 35.5. The molecule has 0 aliphatic carbocycles. The van der Waals surface area contributed by atoms with Crippen molar-refractivity contribution in [3.8, 4) is 17.0 Å². The molecule has 1 heterocycles. The van der Waals surface area contributed by atoms with Crippen LogP contribution in [0.2, 0.25) is 10.0 Å². The molecule has 13 heteroatoms. The zero-order valence-corrected chi connectivity index (χ0v) is 14.3. The maximum atomic E-state index is 14.4. The van der Waals surface area contributed by atoms with Gasteiger partial charge < -0.3 is 4.74 Å². The Morgan fingerprint density at radius 2 is 1.96 bits per heavy atom. The van der Waals surface area contributed by atoms with E-state index in [9.17, 15) is 32.5 Å². The minimum absolute atomic E-state index is 0.306. The average molecular weight is 416 g/mol. The Morgan fingerprint density at radius 1 is 1.38 bits per heavy atom. The van der Waals surface area contributed by atoms with E-state index in [1.54, 1.807) is 0 Å². The van der Waals surface area contributed by atoms with Crippen molar-refractivity contribution >= 4 is 34.9 Å². The second-order valence-corrected chi connectivity index (χ2v) is 5.66. The van der Waals surface area contributed by atoms with Crippen LogP contribution in [-0.4, -0.2) is 20.7 Å². The van der Waals surface area contributed by atoms with Gasteiger partial charge in [0.2, 0.25) is 5.75 Å². The normalized spacial score (nSPS) is 11.5. The van der Waals surface area contributed by atoms with Gasteiger partial charge in [0.25, 0.3) is 0 Å². The van der Waals surface area contributed by atoms with Crippen molar-refractivity contribution in [3.63, 3.8) is 0 Å². The number of rotatable bonds is 3. The molecule has 0 saturated heterocycles. The van der Waals surface area contributed by atoms with E-state index >= 15 is 0 Å². The molecule has 26 heavy (non-hydrogen) atoms. The van der Waals surface area contributed by atoms with Gasteiger partial charge in [-0.2, -0.15) is 18.3 Å². The topological polar surface area (TPSA) is 87.3 Å². The Bertz CT molecular complexity index is 927. The molecule has 0 bridgehead atoms. The number of hydrogen-bond acceptors (Lipinski definition) is 5. The van der Waals surface area contributed by atoms with Crippen molar-refractivity contribution in [1.82, 2.24) is 9.78 Å². The minimum atomic E-state index is -4.95. The fraction of sp³-hybridized carbons (Fsp3) is 0.231. The highest BCUT2D eigenvalue weighted by Crippen LogP contribution is 2.48. The largest absolute Gasteiger partial charge is 0.434 e. The number of esters is 1. The van der Waals surface area contributed by atoms with E-state index in [1.807, 2.05) is 0 Å². The standard InChI is InChI=1S/C13H7Cl2F4N3O4/c1-4(23)26-11-5(14)3-6(16)7(10(11)22(24)25)9-8(15)12(13(17,18)19)21(2)20-9/h3H,1-2H3. The number of nitro groups is 1. The van der Waals surface area contributed by atoms with Crippen LogP contribution in [0.5, 0.6) is 5.75 Å². The van der Waals surface area contributed by atoms with E-state index < -0.39 is 61.3 Å². The minimum Gasteiger partial charge on any atom is -0.418 e. The van der Waals surface area contributed by atoms with Gasteiger partial charge in [0.05, 0.1) is 15.0 Å². The van der Waals surface area contributed by atoms with Crippen LogP contribution in [0.1, 0.15) is 12.6 Å².